The molecule has 0 spiro atoms. The fraction of sp³-hybridized carbons (Fsp3) is 0.636. The van der Waals surface area contributed by atoms with Crippen LogP contribution in [0.15, 0.2) is 36.5 Å². The van der Waals surface area contributed by atoms with Crippen molar-refractivity contribution in [2.45, 2.75) is 90.1 Å². The average molecular weight is 357 g/mol. The summed E-state index contributed by atoms with van der Waals surface area (Å²) in [5.41, 5.74) is 8.62. The summed E-state index contributed by atoms with van der Waals surface area (Å²) in [7, 11) is 0. The number of rotatable bonds is 13. The first-order valence-electron chi connectivity index (χ1n) is 10.4. The molecule has 1 heterocycles. The van der Waals surface area contributed by atoms with Gasteiger partial charge in [0.05, 0.1) is 5.69 Å². The second-order valence-corrected chi connectivity index (χ2v) is 7.52. The maximum Gasteiger partial charge on any atom is 0.0873 e. The van der Waals surface area contributed by atoms with E-state index in [4.69, 9.17) is 5.73 Å². The lowest BCUT2D eigenvalue weighted by atomic mass is 9.94. The van der Waals surface area contributed by atoms with E-state index < -0.39 is 0 Å². The molecule has 0 saturated heterocycles. The number of aromatic nitrogens is 3. The van der Waals surface area contributed by atoms with Crippen LogP contribution in [-0.4, -0.2) is 21.0 Å². The molecule has 0 bridgehead atoms. The lowest BCUT2D eigenvalue weighted by Crippen LogP contribution is -2.25. The highest BCUT2D eigenvalue weighted by Crippen LogP contribution is 2.21. The van der Waals surface area contributed by atoms with Crippen molar-refractivity contribution in [1.29, 1.82) is 0 Å². The van der Waals surface area contributed by atoms with E-state index in [1.807, 2.05) is 4.68 Å². The van der Waals surface area contributed by atoms with Gasteiger partial charge in [-0.25, -0.2) is 0 Å². The van der Waals surface area contributed by atoms with Crippen LogP contribution in [0, 0.1) is 0 Å². The molecule has 4 heteroatoms. The van der Waals surface area contributed by atoms with E-state index in [9.17, 15) is 0 Å². The minimum atomic E-state index is 0.135. The fourth-order valence-electron chi connectivity index (χ4n) is 3.54. The van der Waals surface area contributed by atoms with Gasteiger partial charge in [-0.1, -0.05) is 74.6 Å². The van der Waals surface area contributed by atoms with Crippen LogP contribution < -0.4 is 5.73 Å². The summed E-state index contributed by atoms with van der Waals surface area (Å²) in [6, 6.07) is 10.9. The summed E-state index contributed by atoms with van der Waals surface area (Å²) < 4.78 is 2.00. The van der Waals surface area contributed by atoms with Crippen molar-refractivity contribution in [2.24, 2.45) is 5.73 Å². The molecule has 2 aromatic rings. The molecule has 144 valence electrons. The Kier molecular flexibility index (Phi) is 9.40. The molecule has 0 fully saturated rings. The Hall–Kier alpha value is -1.68. The van der Waals surface area contributed by atoms with Crippen molar-refractivity contribution in [1.82, 2.24) is 15.0 Å². The summed E-state index contributed by atoms with van der Waals surface area (Å²) in [5, 5.41) is 8.65. The van der Waals surface area contributed by atoms with Gasteiger partial charge in [-0.2, -0.15) is 0 Å². The minimum absolute atomic E-state index is 0.135. The summed E-state index contributed by atoms with van der Waals surface area (Å²) in [6.07, 6.45) is 13.2. The van der Waals surface area contributed by atoms with Crippen LogP contribution in [-0.2, 0) is 13.0 Å². The number of nitrogens with zero attached hydrogens (tertiary/aromatic N) is 3. The first kappa shape index (κ1) is 20.6. The number of unbranched alkanes of at least 4 members (excludes halogenated alkanes) is 5. The van der Waals surface area contributed by atoms with Gasteiger partial charge in [-0.15, -0.1) is 5.10 Å². The molecule has 2 unspecified atom stereocenters. The van der Waals surface area contributed by atoms with Crippen molar-refractivity contribution in [2.75, 3.05) is 0 Å². The number of aryl methyl sites for hydroxylation is 2. The van der Waals surface area contributed by atoms with Gasteiger partial charge in [0.25, 0.3) is 0 Å². The molecule has 1 aromatic carbocycles. The van der Waals surface area contributed by atoms with Crippen molar-refractivity contribution in [3.63, 3.8) is 0 Å². The zero-order valence-electron chi connectivity index (χ0n) is 16.6. The second kappa shape index (κ2) is 11.8. The Morgan fingerprint density at radius 2 is 1.69 bits per heavy atom. The van der Waals surface area contributed by atoms with Gasteiger partial charge in [0.15, 0.2) is 0 Å². The van der Waals surface area contributed by atoms with E-state index in [1.165, 1.54) is 50.5 Å². The van der Waals surface area contributed by atoms with Crippen molar-refractivity contribution < 1.29 is 0 Å². The molecule has 0 aliphatic rings. The number of hydrogen-bond donors (Lipinski definition) is 1. The van der Waals surface area contributed by atoms with Crippen LogP contribution in [0.5, 0.6) is 0 Å². The quantitative estimate of drug-likeness (QED) is 0.508. The van der Waals surface area contributed by atoms with E-state index in [0.717, 1.165) is 25.1 Å². The number of benzene rings is 1. The van der Waals surface area contributed by atoms with Crippen LogP contribution in [0.4, 0.5) is 0 Å². The SMILES string of the molecule is CCCC(c1cn(CCCCCCCCc2ccccc2)nn1)C(C)N. The first-order valence-corrected chi connectivity index (χ1v) is 10.4. The topological polar surface area (TPSA) is 56.7 Å². The highest BCUT2D eigenvalue weighted by molar-refractivity contribution is 5.14. The van der Waals surface area contributed by atoms with Crippen LogP contribution in [0.1, 0.15) is 82.4 Å². The third-order valence-electron chi connectivity index (χ3n) is 5.12. The highest BCUT2D eigenvalue weighted by atomic mass is 15.4. The Balaban J connectivity index is 1.56. The lowest BCUT2D eigenvalue weighted by molar-refractivity contribution is 0.511. The molecule has 26 heavy (non-hydrogen) atoms. The van der Waals surface area contributed by atoms with E-state index in [1.54, 1.807) is 0 Å². The Labute approximate surface area is 159 Å². The minimum Gasteiger partial charge on any atom is -0.327 e. The maximum absolute atomic E-state index is 6.10. The smallest absolute Gasteiger partial charge is 0.0873 e. The summed E-state index contributed by atoms with van der Waals surface area (Å²) in [6.45, 7) is 5.23. The van der Waals surface area contributed by atoms with Crippen molar-refractivity contribution in [3.8, 4) is 0 Å². The average Bonchev–Trinajstić information content (AvgIpc) is 3.11. The Bertz CT molecular complexity index is 591. The standard InChI is InChI=1S/C22H36N4/c1-3-13-21(19(2)23)22-18-26(25-24-22)17-12-7-5-4-6-9-14-20-15-10-8-11-16-20/h8,10-11,15-16,18-19,21H,3-7,9,12-14,17,23H2,1-2H3. The highest BCUT2D eigenvalue weighted by Gasteiger charge is 2.18. The molecule has 0 radical (unpaired) electrons. The van der Waals surface area contributed by atoms with Crippen molar-refractivity contribution in [3.05, 3.63) is 47.8 Å². The molecule has 0 saturated carbocycles. The maximum atomic E-state index is 6.10. The molecular formula is C22H36N4. The molecule has 1 aromatic heterocycles. The number of hydrogen-bond acceptors (Lipinski definition) is 3. The van der Waals surface area contributed by atoms with Gasteiger partial charge >= 0.3 is 0 Å². The molecule has 2 N–H and O–H groups in total. The van der Waals surface area contributed by atoms with Gasteiger partial charge in [0.2, 0.25) is 0 Å². The van der Waals surface area contributed by atoms with Crippen LogP contribution in [0.25, 0.3) is 0 Å². The normalized spacial score (nSPS) is 13.7. The summed E-state index contributed by atoms with van der Waals surface area (Å²) in [4.78, 5) is 0. The molecular weight excluding hydrogens is 320 g/mol. The zero-order valence-corrected chi connectivity index (χ0v) is 16.6. The third kappa shape index (κ3) is 7.28. The largest absolute Gasteiger partial charge is 0.327 e. The Morgan fingerprint density at radius 1 is 1.00 bits per heavy atom. The molecule has 2 atom stereocenters. The van der Waals surface area contributed by atoms with E-state index in [-0.39, 0.29) is 6.04 Å². The first-order chi connectivity index (χ1) is 12.7. The van der Waals surface area contributed by atoms with E-state index >= 15 is 0 Å². The van der Waals surface area contributed by atoms with Crippen LogP contribution in [0.3, 0.4) is 0 Å². The van der Waals surface area contributed by atoms with Crippen LogP contribution >= 0.6 is 0 Å². The zero-order chi connectivity index (χ0) is 18.6. The number of nitrogens with two attached hydrogens (primary N) is 1. The molecule has 2 rings (SSSR count). The molecule has 4 nitrogen and oxygen atoms in total. The third-order valence-corrected chi connectivity index (χ3v) is 5.12. The van der Waals surface area contributed by atoms with Gasteiger partial charge in [0.1, 0.15) is 0 Å². The van der Waals surface area contributed by atoms with E-state index in [2.05, 4.69) is 60.7 Å². The molecule has 0 aliphatic heterocycles. The lowest BCUT2D eigenvalue weighted by Gasteiger charge is -2.16. The second-order valence-electron chi connectivity index (χ2n) is 7.52. The Morgan fingerprint density at radius 3 is 2.38 bits per heavy atom. The monoisotopic (exact) mass is 356 g/mol. The summed E-state index contributed by atoms with van der Waals surface area (Å²) >= 11 is 0. The van der Waals surface area contributed by atoms with Crippen LogP contribution in [0.2, 0.25) is 0 Å². The van der Waals surface area contributed by atoms with Gasteiger partial charge in [0, 0.05) is 24.7 Å². The van der Waals surface area contributed by atoms with E-state index in [0.29, 0.717) is 5.92 Å². The summed E-state index contributed by atoms with van der Waals surface area (Å²) in [5.74, 6) is 0.332. The predicted molar refractivity (Wildman–Crippen MR) is 109 cm³/mol. The van der Waals surface area contributed by atoms with Crippen molar-refractivity contribution >= 4 is 0 Å². The molecule has 0 aliphatic carbocycles. The predicted octanol–water partition coefficient (Wildman–Crippen LogP) is 5.09. The fourth-order valence-corrected chi connectivity index (χ4v) is 3.54. The van der Waals surface area contributed by atoms with Gasteiger partial charge < -0.3 is 5.73 Å². The van der Waals surface area contributed by atoms with Gasteiger partial charge in [-0.3, -0.25) is 4.68 Å². The molecule has 0 amide bonds. The van der Waals surface area contributed by atoms with Gasteiger partial charge in [-0.05, 0) is 38.2 Å².